The summed E-state index contributed by atoms with van der Waals surface area (Å²) in [4.78, 5) is 75.5. The van der Waals surface area contributed by atoms with Crippen LogP contribution in [0.1, 0.15) is 52.8 Å². The lowest BCUT2D eigenvalue weighted by Crippen LogP contribution is -2.69. The predicted octanol–water partition coefficient (Wildman–Crippen LogP) is 0.726. The Morgan fingerprint density at radius 2 is 1.59 bits per heavy atom. The summed E-state index contributed by atoms with van der Waals surface area (Å²) in [5.74, 6) is -2.07. The van der Waals surface area contributed by atoms with Crippen molar-refractivity contribution in [2.45, 2.75) is 38.1 Å². The number of anilines is 1. The number of nitrogens with one attached hydrogen (secondary N) is 3. The average Bonchev–Trinajstić information content (AvgIpc) is 3.39. The molecule has 4 fully saturated rings. The summed E-state index contributed by atoms with van der Waals surface area (Å²) in [7, 11) is 0. The van der Waals surface area contributed by atoms with E-state index in [0.29, 0.717) is 43.4 Å². The molecule has 0 spiro atoms. The molecule has 6 amide bonds. The van der Waals surface area contributed by atoms with Crippen molar-refractivity contribution in [1.82, 2.24) is 31.0 Å². The lowest BCUT2D eigenvalue weighted by molar-refractivity contribution is -0.217. The van der Waals surface area contributed by atoms with Gasteiger partial charge in [0.15, 0.2) is 18.2 Å². The maximum atomic E-state index is 13.0. The van der Waals surface area contributed by atoms with E-state index in [2.05, 4.69) is 26.1 Å². The fraction of sp³-hybridized carbons (Fsp3) is 0.421. The Balaban J connectivity index is 0.715. The highest BCUT2D eigenvalue weighted by Crippen LogP contribution is 2.73. The number of benzene rings is 2. The molecule has 8 rings (SSSR count). The summed E-state index contributed by atoms with van der Waals surface area (Å²) in [6, 6.07) is 11.6. The van der Waals surface area contributed by atoms with Gasteiger partial charge in [-0.05, 0) is 56.0 Å². The van der Waals surface area contributed by atoms with Crippen LogP contribution in [0.25, 0.3) is 11.3 Å². The summed E-state index contributed by atoms with van der Waals surface area (Å²) in [6.45, 7) is 1.78. The Morgan fingerprint density at radius 3 is 2.32 bits per heavy atom. The van der Waals surface area contributed by atoms with Gasteiger partial charge in [-0.3, -0.25) is 39.0 Å². The molecule has 3 aliphatic carbocycles. The molecule has 6 N–H and O–H groups in total. The van der Waals surface area contributed by atoms with Gasteiger partial charge in [0.05, 0.1) is 49.6 Å². The van der Waals surface area contributed by atoms with Crippen LogP contribution in [-0.2, 0) is 28.7 Å². The third-order valence-electron chi connectivity index (χ3n) is 10.4. The van der Waals surface area contributed by atoms with Crippen molar-refractivity contribution >= 4 is 41.3 Å². The van der Waals surface area contributed by atoms with Crippen molar-refractivity contribution in [3.63, 3.8) is 0 Å². The molecule has 2 aliphatic heterocycles. The SMILES string of the molecule is Nc1nnc(-c2ccccc2O)cc1OCC12CC(C(=O)NCCOCCOCCNC(=O)COc3ccc4c(c3)C(=O)N(C3CCC(=O)NC3=O)C4=O)(C1)C2. The van der Waals surface area contributed by atoms with Gasteiger partial charge in [-0.15, -0.1) is 10.2 Å². The first-order valence-electron chi connectivity index (χ1n) is 18.2. The second-order valence-corrected chi connectivity index (χ2v) is 14.4. The minimum atomic E-state index is -1.07. The van der Waals surface area contributed by atoms with E-state index in [9.17, 15) is 33.9 Å². The molecule has 18 nitrogen and oxygen atoms in total. The fourth-order valence-corrected chi connectivity index (χ4v) is 7.69. The molecular weight excluding hydrogens is 730 g/mol. The monoisotopic (exact) mass is 771 g/mol. The Hall–Kier alpha value is -6.14. The number of phenolic OH excluding ortho intramolecular Hbond substituents is 1. The average molecular weight is 772 g/mol. The Bertz CT molecular complexity index is 2050. The highest BCUT2D eigenvalue weighted by molar-refractivity contribution is 6.23. The smallest absolute Gasteiger partial charge is 0.262 e. The maximum Gasteiger partial charge on any atom is 0.262 e. The van der Waals surface area contributed by atoms with Crippen LogP contribution >= 0.6 is 0 Å². The van der Waals surface area contributed by atoms with Crippen molar-refractivity contribution in [2.75, 3.05) is 58.5 Å². The number of aromatic hydroxyl groups is 1. The number of imide groups is 2. The van der Waals surface area contributed by atoms with E-state index in [1.54, 1.807) is 30.3 Å². The van der Waals surface area contributed by atoms with Crippen LogP contribution in [0.3, 0.4) is 0 Å². The number of amides is 6. The fourth-order valence-electron chi connectivity index (χ4n) is 7.69. The molecule has 2 bridgehead atoms. The van der Waals surface area contributed by atoms with Crippen molar-refractivity contribution in [2.24, 2.45) is 10.8 Å². The van der Waals surface area contributed by atoms with Crippen LogP contribution in [0, 0.1) is 10.8 Å². The third-order valence-corrected chi connectivity index (χ3v) is 10.4. The number of phenols is 1. The van der Waals surface area contributed by atoms with Gasteiger partial charge >= 0.3 is 0 Å². The summed E-state index contributed by atoms with van der Waals surface area (Å²) < 4.78 is 22.6. The number of nitrogen functional groups attached to an aromatic ring is 1. The van der Waals surface area contributed by atoms with Crippen LogP contribution in [0.4, 0.5) is 5.82 Å². The molecule has 1 unspecified atom stereocenters. The number of hydrogen-bond donors (Lipinski definition) is 5. The zero-order valence-corrected chi connectivity index (χ0v) is 30.3. The van der Waals surface area contributed by atoms with Gasteiger partial charge < -0.3 is 40.4 Å². The van der Waals surface area contributed by atoms with Crippen molar-refractivity contribution in [1.29, 1.82) is 0 Å². The van der Waals surface area contributed by atoms with Gasteiger partial charge in [0.2, 0.25) is 17.7 Å². The molecule has 5 aliphatic rings. The molecule has 1 aromatic heterocycles. The normalized spacial score (nSPS) is 22.1. The number of aromatic nitrogens is 2. The quantitative estimate of drug-likeness (QED) is 0.0884. The number of rotatable bonds is 18. The number of fused-ring (bicyclic) bond motifs is 1. The van der Waals surface area contributed by atoms with Gasteiger partial charge in [-0.1, -0.05) is 12.1 Å². The Labute approximate surface area is 320 Å². The second-order valence-electron chi connectivity index (χ2n) is 14.4. The highest BCUT2D eigenvalue weighted by Gasteiger charge is 2.71. The van der Waals surface area contributed by atoms with Crippen molar-refractivity contribution in [3.8, 4) is 28.5 Å². The summed E-state index contributed by atoms with van der Waals surface area (Å²) in [6.07, 6.45) is 2.23. The summed E-state index contributed by atoms with van der Waals surface area (Å²) in [5.41, 5.74) is 6.65. The molecule has 18 heteroatoms. The van der Waals surface area contributed by atoms with E-state index in [-0.39, 0.29) is 84.4 Å². The Kier molecular flexibility index (Phi) is 10.8. The first-order valence-corrected chi connectivity index (χ1v) is 18.2. The van der Waals surface area contributed by atoms with Crippen LogP contribution in [0.2, 0.25) is 0 Å². The lowest BCUT2D eigenvalue weighted by atomic mass is 9.35. The molecular formula is C38H41N7O11. The number of nitrogens with two attached hydrogens (primary N) is 1. The number of para-hydroxylation sites is 1. The maximum absolute atomic E-state index is 13.0. The standard InChI is InChI=1S/C38H41N7O11/c39-32-29(16-26(43-44-32)24-3-1-2-4-28(24)46)56-21-37-18-38(19-37,20-37)36(52)41-10-12-54-14-13-53-11-9-40-31(48)17-55-22-5-6-23-25(15-22)35(51)45(34(23)50)27-7-8-30(47)42-33(27)49/h1-6,15-16,27,46H,7-14,17-21H2,(H2,39,44)(H,40,48)(H,41,52)(H,42,47,49). The van der Waals surface area contributed by atoms with Gasteiger partial charge in [0, 0.05) is 36.6 Å². The second kappa shape index (κ2) is 15.9. The van der Waals surface area contributed by atoms with Gasteiger partial charge in [-0.25, -0.2) is 0 Å². The molecule has 2 aromatic carbocycles. The van der Waals surface area contributed by atoms with Gasteiger partial charge in [0.25, 0.3) is 17.7 Å². The van der Waals surface area contributed by atoms with Gasteiger partial charge in [0.1, 0.15) is 23.2 Å². The summed E-state index contributed by atoms with van der Waals surface area (Å²) >= 11 is 0. The number of piperidine rings is 1. The minimum Gasteiger partial charge on any atom is -0.507 e. The lowest BCUT2D eigenvalue weighted by Gasteiger charge is -2.68. The van der Waals surface area contributed by atoms with E-state index in [4.69, 9.17) is 24.7 Å². The number of nitrogens with zero attached hydrogens (tertiary/aromatic N) is 3. The molecule has 3 aromatic rings. The Morgan fingerprint density at radius 1 is 0.875 bits per heavy atom. The topological polar surface area (TPSA) is 251 Å². The summed E-state index contributed by atoms with van der Waals surface area (Å²) in [5, 5.41) is 25.9. The first-order chi connectivity index (χ1) is 27.0. The minimum absolute atomic E-state index is 0.00191. The molecule has 1 atom stereocenters. The van der Waals surface area contributed by atoms with E-state index >= 15 is 0 Å². The molecule has 3 heterocycles. The van der Waals surface area contributed by atoms with E-state index in [0.717, 1.165) is 24.2 Å². The van der Waals surface area contributed by atoms with Gasteiger partial charge in [-0.2, -0.15) is 0 Å². The number of ether oxygens (including phenoxy) is 4. The zero-order chi connectivity index (χ0) is 39.5. The highest BCUT2D eigenvalue weighted by atomic mass is 16.5. The molecule has 294 valence electrons. The number of carbonyl (C=O) groups excluding carboxylic acids is 6. The van der Waals surface area contributed by atoms with Crippen molar-refractivity contribution < 1.29 is 52.8 Å². The van der Waals surface area contributed by atoms with Crippen LogP contribution in [0.5, 0.6) is 17.2 Å². The molecule has 1 saturated heterocycles. The third kappa shape index (κ3) is 7.83. The van der Waals surface area contributed by atoms with Crippen LogP contribution in [0.15, 0.2) is 48.5 Å². The largest absolute Gasteiger partial charge is 0.507 e. The number of carbonyl (C=O) groups is 6. The first kappa shape index (κ1) is 38.1. The zero-order valence-electron chi connectivity index (χ0n) is 30.3. The van der Waals surface area contributed by atoms with E-state index < -0.39 is 35.6 Å². The van der Waals surface area contributed by atoms with Crippen LogP contribution in [-0.4, -0.2) is 114 Å². The molecule has 56 heavy (non-hydrogen) atoms. The molecule has 3 saturated carbocycles. The number of hydrogen-bond acceptors (Lipinski definition) is 14. The van der Waals surface area contributed by atoms with E-state index in [1.807, 2.05) is 0 Å². The predicted molar refractivity (Wildman–Crippen MR) is 194 cm³/mol. The molecule has 0 radical (unpaired) electrons. The van der Waals surface area contributed by atoms with Crippen LogP contribution < -0.4 is 31.2 Å². The van der Waals surface area contributed by atoms with E-state index in [1.165, 1.54) is 18.2 Å². The van der Waals surface area contributed by atoms with Crippen molar-refractivity contribution in [3.05, 3.63) is 59.7 Å².